The first-order valence-corrected chi connectivity index (χ1v) is 7.15. The molecule has 3 atom stereocenters. The Morgan fingerprint density at radius 3 is 2.75 bits per heavy atom. The summed E-state index contributed by atoms with van der Waals surface area (Å²) in [5, 5.41) is 21.2. The number of nitrogens with zero attached hydrogens (tertiary/aromatic N) is 1. The maximum atomic E-state index is 11.2. The molecule has 1 aromatic rings. The average molecular weight is 279 g/mol. The lowest BCUT2D eigenvalue weighted by Gasteiger charge is -2.43. The molecule has 0 saturated heterocycles. The number of benzene rings is 1. The lowest BCUT2D eigenvalue weighted by molar-refractivity contribution is -0.0992. The van der Waals surface area contributed by atoms with Crippen LogP contribution < -0.4 is 4.74 Å². The summed E-state index contributed by atoms with van der Waals surface area (Å²) in [4.78, 5) is 2.09. The summed E-state index contributed by atoms with van der Waals surface area (Å²) in [7, 11) is 5.64. The Kier molecular flexibility index (Phi) is 4.68. The molecule has 0 heterocycles. The summed E-state index contributed by atoms with van der Waals surface area (Å²) in [5.41, 5.74) is -0.154. The van der Waals surface area contributed by atoms with E-state index >= 15 is 0 Å². The van der Waals surface area contributed by atoms with Gasteiger partial charge in [0.25, 0.3) is 0 Å². The van der Waals surface area contributed by atoms with Crippen LogP contribution in [0.3, 0.4) is 0 Å². The van der Waals surface area contributed by atoms with Gasteiger partial charge < -0.3 is 19.8 Å². The van der Waals surface area contributed by atoms with Gasteiger partial charge >= 0.3 is 0 Å². The molecule has 1 aromatic carbocycles. The molecule has 2 N–H and O–H groups in total. The second-order valence-electron chi connectivity index (χ2n) is 6.05. The van der Waals surface area contributed by atoms with Crippen molar-refractivity contribution in [3.63, 3.8) is 0 Å². The zero-order valence-corrected chi connectivity index (χ0v) is 12.5. The first-order chi connectivity index (χ1) is 9.45. The minimum atomic E-state index is -0.990. The van der Waals surface area contributed by atoms with Crippen molar-refractivity contribution in [1.29, 1.82) is 0 Å². The molecule has 1 aliphatic rings. The molecule has 1 aliphatic carbocycles. The third-order valence-electron chi connectivity index (χ3n) is 4.23. The van der Waals surface area contributed by atoms with E-state index in [-0.39, 0.29) is 5.92 Å². The Labute approximate surface area is 121 Å². The van der Waals surface area contributed by atoms with Crippen molar-refractivity contribution in [2.24, 2.45) is 5.92 Å². The predicted octanol–water partition coefficient (Wildman–Crippen LogP) is 1.61. The molecule has 112 valence electrons. The lowest BCUT2D eigenvalue weighted by Crippen LogP contribution is -2.46. The molecule has 0 aromatic heterocycles. The minimum absolute atomic E-state index is 0.119. The Morgan fingerprint density at radius 1 is 1.35 bits per heavy atom. The monoisotopic (exact) mass is 279 g/mol. The summed E-state index contributed by atoms with van der Waals surface area (Å²) in [6.07, 6.45) is 1.53. The first-order valence-electron chi connectivity index (χ1n) is 7.15. The van der Waals surface area contributed by atoms with Crippen LogP contribution in [-0.4, -0.2) is 49.0 Å². The standard InChI is InChI=1S/C16H25NO3/c1-17(2)11-13-7-8-14(18)10-16(13,19)12-5-4-6-15(9-12)20-3/h4-6,9,13-14,18-19H,7-8,10-11H2,1-3H3/t13?,14?,16-/m1/s1. The molecule has 0 amide bonds. The maximum Gasteiger partial charge on any atom is 0.119 e. The van der Waals surface area contributed by atoms with Crippen LogP contribution >= 0.6 is 0 Å². The van der Waals surface area contributed by atoms with Gasteiger partial charge in [-0.25, -0.2) is 0 Å². The van der Waals surface area contributed by atoms with Crippen molar-refractivity contribution in [2.75, 3.05) is 27.7 Å². The number of hydrogen-bond donors (Lipinski definition) is 2. The maximum absolute atomic E-state index is 11.2. The Hall–Kier alpha value is -1.10. The third-order valence-corrected chi connectivity index (χ3v) is 4.23. The van der Waals surface area contributed by atoms with Gasteiger partial charge in [0.2, 0.25) is 0 Å². The third kappa shape index (κ3) is 3.14. The van der Waals surface area contributed by atoms with Crippen molar-refractivity contribution < 1.29 is 14.9 Å². The van der Waals surface area contributed by atoms with E-state index in [2.05, 4.69) is 4.90 Å². The highest BCUT2D eigenvalue weighted by Gasteiger charge is 2.43. The SMILES string of the molecule is COc1cccc([C@]2(O)CC(O)CCC2CN(C)C)c1. The van der Waals surface area contributed by atoms with E-state index in [0.717, 1.165) is 30.7 Å². The van der Waals surface area contributed by atoms with Gasteiger partial charge in [0.05, 0.1) is 18.8 Å². The second kappa shape index (κ2) is 6.12. The lowest BCUT2D eigenvalue weighted by atomic mass is 9.70. The van der Waals surface area contributed by atoms with E-state index in [4.69, 9.17) is 4.74 Å². The quantitative estimate of drug-likeness (QED) is 0.879. The van der Waals surface area contributed by atoms with E-state index < -0.39 is 11.7 Å². The van der Waals surface area contributed by atoms with Gasteiger partial charge in [-0.05, 0) is 44.6 Å². The minimum Gasteiger partial charge on any atom is -0.497 e. The van der Waals surface area contributed by atoms with Crippen molar-refractivity contribution >= 4 is 0 Å². The number of aliphatic hydroxyl groups is 2. The predicted molar refractivity (Wildman–Crippen MR) is 78.8 cm³/mol. The van der Waals surface area contributed by atoms with Gasteiger partial charge in [-0.15, -0.1) is 0 Å². The summed E-state index contributed by atoms with van der Waals surface area (Å²) in [6, 6.07) is 7.55. The Bertz CT molecular complexity index is 449. The zero-order chi connectivity index (χ0) is 14.8. The van der Waals surface area contributed by atoms with Crippen LogP contribution in [0.2, 0.25) is 0 Å². The highest BCUT2D eigenvalue weighted by atomic mass is 16.5. The van der Waals surface area contributed by atoms with E-state index in [0.29, 0.717) is 6.42 Å². The van der Waals surface area contributed by atoms with Gasteiger partial charge in [-0.1, -0.05) is 12.1 Å². The molecule has 1 fully saturated rings. The van der Waals surface area contributed by atoms with E-state index in [1.54, 1.807) is 7.11 Å². The largest absolute Gasteiger partial charge is 0.497 e. The number of rotatable bonds is 4. The normalized spacial score (nSPS) is 30.5. The summed E-state index contributed by atoms with van der Waals surface area (Å²) >= 11 is 0. The number of methoxy groups -OCH3 is 1. The van der Waals surface area contributed by atoms with Crippen molar-refractivity contribution in [2.45, 2.75) is 31.0 Å². The van der Waals surface area contributed by atoms with Gasteiger partial charge in [0.1, 0.15) is 5.75 Å². The number of ether oxygens (including phenoxy) is 1. The molecular formula is C16H25NO3. The second-order valence-corrected chi connectivity index (χ2v) is 6.05. The molecule has 0 spiro atoms. The summed E-state index contributed by atoms with van der Waals surface area (Å²) in [5.74, 6) is 0.854. The first kappa shape index (κ1) is 15.3. The molecule has 4 heteroatoms. The van der Waals surface area contributed by atoms with Gasteiger partial charge in [0, 0.05) is 18.9 Å². The zero-order valence-electron chi connectivity index (χ0n) is 12.5. The topological polar surface area (TPSA) is 52.9 Å². The fourth-order valence-electron chi connectivity index (χ4n) is 3.19. The fourth-order valence-corrected chi connectivity index (χ4v) is 3.19. The molecular weight excluding hydrogens is 254 g/mol. The Morgan fingerprint density at radius 2 is 2.10 bits per heavy atom. The van der Waals surface area contributed by atoms with Crippen LogP contribution in [0.25, 0.3) is 0 Å². The number of aliphatic hydroxyl groups excluding tert-OH is 1. The van der Waals surface area contributed by atoms with Crippen LogP contribution in [0, 0.1) is 5.92 Å². The van der Waals surface area contributed by atoms with E-state index in [9.17, 15) is 10.2 Å². The molecule has 20 heavy (non-hydrogen) atoms. The van der Waals surface area contributed by atoms with E-state index in [1.807, 2.05) is 38.4 Å². The Balaban J connectivity index is 2.34. The molecule has 1 saturated carbocycles. The number of hydrogen-bond acceptors (Lipinski definition) is 4. The highest BCUT2D eigenvalue weighted by Crippen LogP contribution is 2.42. The smallest absolute Gasteiger partial charge is 0.119 e. The molecule has 0 radical (unpaired) electrons. The molecule has 0 aliphatic heterocycles. The van der Waals surface area contributed by atoms with Crippen molar-refractivity contribution in [3.05, 3.63) is 29.8 Å². The fraction of sp³-hybridized carbons (Fsp3) is 0.625. The van der Waals surface area contributed by atoms with Gasteiger partial charge in [-0.2, -0.15) is 0 Å². The summed E-state index contributed by atoms with van der Waals surface area (Å²) in [6.45, 7) is 0.806. The van der Waals surface area contributed by atoms with Gasteiger partial charge in [-0.3, -0.25) is 0 Å². The van der Waals surface area contributed by atoms with Gasteiger partial charge in [0.15, 0.2) is 0 Å². The molecule has 2 rings (SSSR count). The van der Waals surface area contributed by atoms with Crippen molar-refractivity contribution in [1.82, 2.24) is 4.90 Å². The van der Waals surface area contributed by atoms with Crippen molar-refractivity contribution in [3.8, 4) is 5.75 Å². The van der Waals surface area contributed by atoms with Crippen LogP contribution in [0.5, 0.6) is 5.75 Å². The summed E-state index contributed by atoms with van der Waals surface area (Å²) < 4.78 is 5.25. The van der Waals surface area contributed by atoms with Crippen LogP contribution in [0.1, 0.15) is 24.8 Å². The average Bonchev–Trinajstić information content (AvgIpc) is 2.42. The highest BCUT2D eigenvalue weighted by molar-refractivity contribution is 5.33. The van der Waals surface area contributed by atoms with Crippen LogP contribution in [0.15, 0.2) is 24.3 Å². The van der Waals surface area contributed by atoms with E-state index in [1.165, 1.54) is 0 Å². The van der Waals surface area contributed by atoms with Crippen LogP contribution in [-0.2, 0) is 5.60 Å². The molecule has 2 unspecified atom stereocenters. The molecule has 0 bridgehead atoms. The molecule has 4 nitrogen and oxygen atoms in total. The van der Waals surface area contributed by atoms with Crippen LogP contribution in [0.4, 0.5) is 0 Å².